The number of hydrogen-bond donors (Lipinski definition) is 3. The molecule has 3 aromatic rings. The van der Waals surface area contributed by atoms with Crippen LogP contribution in [0.1, 0.15) is 10.4 Å². The molecule has 5 nitrogen and oxygen atoms in total. The molecule has 0 radical (unpaired) electrons. The number of amides is 1. The van der Waals surface area contributed by atoms with Crippen molar-refractivity contribution in [2.24, 2.45) is 0 Å². The first-order valence-corrected chi connectivity index (χ1v) is 9.03. The molecular formula is C18H14ClF2N3O2S. The van der Waals surface area contributed by atoms with Crippen molar-refractivity contribution in [1.29, 1.82) is 0 Å². The molecule has 0 aliphatic carbocycles. The Kier molecular flexibility index (Phi) is 5.88. The second-order valence-corrected chi connectivity index (χ2v) is 7.02. The standard InChI is InChI=1S/C18H14ClF2N3O2S/c19-11-4-3-6-12(20)10(11)9-22-16(25)8-15-17(26)24-18(27-15)23-14-7-2-1-5-13(14)21/h1-7,26H,8-9H2,(H,22,25)(H,23,24). The van der Waals surface area contributed by atoms with Gasteiger partial charge < -0.3 is 15.7 Å². The Balaban J connectivity index is 1.63. The molecule has 0 spiro atoms. The normalized spacial score (nSPS) is 10.6. The van der Waals surface area contributed by atoms with Crippen molar-refractivity contribution in [2.45, 2.75) is 13.0 Å². The number of nitrogens with zero attached hydrogens (tertiary/aromatic N) is 1. The predicted molar refractivity (Wildman–Crippen MR) is 100 cm³/mol. The van der Waals surface area contributed by atoms with E-state index >= 15 is 0 Å². The number of benzene rings is 2. The smallest absolute Gasteiger partial charge is 0.227 e. The first-order chi connectivity index (χ1) is 12.9. The van der Waals surface area contributed by atoms with E-state index in [0.29, 0.717) is 4.88 Å². The molecule has 27 heavy (non-hydrogen) atoms. The van der Waals surface area contributed by atoms with Crippen molar-refractivity contribution in [3.8, 4) is 5.88 Å². The van der Waals surface area contributed by atoms with Gasteiger partial charge in [-0.1, -0.05) is 41.1 Å². The van der Waals surface area contributed by atoms with Gasteiger partial charge in [0, 0.05) is 17.1 Å². The maximum Gasteiger partial charge on any atom is 0.227 e. The lowest BCUT2D eigenvalue weighted by Gasteiger charge is -2.07. The first-order valence-electron chi connectivity index (χ1n) is 7.84. The lowest BCUT2D eigenvalue weighted by Crippen LogP contribution is -2.24. The summed E-state index contributed by atoms with van der Waals surface area (Å²) in [7, 11) is 0. The number of anilines is 2. The highest BCUT2D eigenvalue weighted by molar-refractivity contribution is 7.16. The summed E-state index contributed by atoms with van der Waals surface area (Å²) in [5.41, 5.74) is 0.388. The van der Waals surface area contributed by atoms with Crippen LogP contribution in [0.5, 0.6) is 5.88 Å². The van der Waals surface area contributed by atoms with Crippen molar-refractivity contribution >= 4 is 39.7 Å². The Morgan fingerprint density at radius 1 is 1.15 bits per heavy atom. The number of para-hydroxylation sites is 1. The number of halogens is 3. The molecular weight excluding hydrogens is 396 g/mol. The van der Waals surface area contributed by atoms with E-state index in [9.17, 15) is 18.7 Å². The zero-order valence-corrected chi connectivity index (χ0v) is 15.4. The summed E-state index contributed by atoms with van der Waals surface area (Å²) in [5.74, 6) is -1.74. The van der Waals surface area contributed by atoms with Gasteiger partial charge in [-0.3, -0.25) is 4.79 Å². The molecule has 0 aliphatic heterocycles. The van der Waals surface area contributed by atoms with Crippen LogP contribution < -0.4 is 10.6 Å². The van der Waals surface area contributed by atoms with Gasteiger partial charge in [-0.2, -0.15) is 4.98 Å². The molecule has 0 bridgehead atoms. The average Bonchev–Trinajstić information content (AvgIpc) is 2.95. The minimum absolute atomic E-state index is 0.0791. The van der Waals surface area contributed by atoms with Crippen LogP contribution in [0.4, 0.5) is 19.6 Å². The highest BCUT2D eigenvalue weighted by atomic mass is 35.5. The fourth-order valence-corrected chi connectivity index (χ4v) is 3.38. The summed E-state index contributed by atoms with van der Waals surface area (Å²) < 4.78 is 27.4. The summed E-state index contributed by atoms with van der Waals surface area (Å²) >= 11 is 6.93. The van der Waals surface area contributed by atoms with Crippen molar-refractivity contribution in [2.75, 3.05) is 5.32 Å². The lowest BCUT2D eigenvalue weighted by atomic mass is 10.2. The van der Waals surface area contributed by atoms with Crippen molar-refractivity contribution in [3.63, 3.8) is 0 Å². The second kappa shape index (κ2) is 8.32. The summed E-state index contributed by atoms with van der Waals surface area (Å²) in [5, 5.41) is 15.7. The highest BCUT2D eigenvalue weighted by Crippen LogP contribution is 2.31. The molecule has 0 aliphatic rings. The quantitative estimate of drug-likeness (QED) is 0.564. The fraction of sp³-hybridized carbons (Fsp3) is 0.111. The molecule has 3 N–H and O–H groups in total. The van der Waals surface area contributed by atoms with E-state index in [4.69, 9.17) is 11.6 Å². The van der Waals surface area contributed by atoms with E-state index in [1.165, 1.54) is 30.3 Å². The van der Waals surface area contributed by atoms with Gasteiger partial charge in [0.1, 0.15) is 11.6 Å². The Hall–Kier alpha value is -2.71. The molecule has 3 rings (SSSR count). The van der Waals surface area contributed by atoms with Crippen LogP contribution in [-0.4, -0.2) is 16.0 Å². The van der Waals surface area contributed by atoms with Crippen molar-refractivity contribution < 1.29 is 18.7 Å². The number of thiazole rings is 1. The van der Waals surface area contributed by atoms with Gasteiger partial charge in [-0.05, 0) is 24.3 Å². The van der Waals surface area contributed by atoms with E-state index in [-0.39, 0.29) is 40.3 Å². The summed E-state index contributed by atoms with van der Waals surface area (Å²) in [4.78, 5) is 16.3. The summed E-state index contributed by atoms with van der Waals surface area (Å²) in [6.07, 6.45) is -0.158. The third kappa shape index (κ3) is 4.72. The topological polar surface area (TPSA) is 74.2 Å². The number of carbonyl (C=O) groups is 1. The lowest BCUT2D eigenvalue weighted by molar-refractivity contribution is -0.120. The van der Waals surface area contributed by atoms with E-state index in [0.717, 1.165) is 11.3 Å². The molecule has 0 saturated carbocycles. The number of rotatable bonds is 6. The molecule has 2 aromatic carbocycles. The van der Waals surface area contributed by atoms with Crippen LogP contribution in [-0.2, 0) is 17.8 Å². The third-order valence-electron chi connectivity index (χ3n) is 3.64. The zero-order chi connectivity index (χ0) is 19.4. The monoisotopic (exact) mass is 409 g/mol. The molecule has 0 atom stereocenters. The van der Waals surface area contributed by atoms with Crippen LogP contribution in [0.25, 0.3) is 0 Å². The highest BCUT2D eigenvalue weighted by Gasteiger charge is 2.16. The van der Waals surface area contributed by atoms with Gasteiger partial charge in [0.05, 0.1) is 17.0 Å². The Labute approximate surface area is 162 Å². The molecule has 1 aromatic heterocycles. The molecule has 1 heterocycles. The second-order valence-electron chi connectivity index (χ2n) is 5.52. The van der Waals surface area contributed by atoms with Crippen LogP contribution in [0.3, 0.4) is 0 Å². The maximum atomic E-state index is 13.7. The largest absolute Gasteiger partial charge is 0.492 e. The van der Waals surface area contributed by atoms with Crippen LogP contribution >= 0.6 is 22.9 Å². The van der Waals surface area contributed by atoms with Gasteiger partial charge in [-0.15, -0.1) is 0 Å². The van der Waals surface area contributed by atoms with Crippen molar-refractivity contribution in [3.05, 3.63) is 69.6 Å². The van der Waals surface area contributed by atoms with Gasteiger partial charge >= 0.3 is 0 Å². The molecule has 0 fully saturated rings. The molecule has 0 unspecified atom stereocenters. The maximum absolute atomic E-state index is 13.7. The van der Waals surface area contributed by atoms with E-state index < -0.39 is 17.5 Å². The van der Waals surface area contributed by atoms with Crippen molar-refractivity contribution in [1.82, 2.24) is 10.3 Å². The Bertz CT molecular complexity index is 961. The van der Waals surface area contributed by atoms with Crippen LogP contribution in [0.2, 0.25) is 5.02 Å². The van der Waals surface area contributed by atoms with Crippen LogP contribution in [0.15, 0.2) is 42.5 Å². The van der Waals surface area contributed by atoms with Gasteiger partial charge in [0.25, 0.3) is 0 Å². The predicted octanol–water partition coefficient (Wildman–Crippen LogP) is 4.38. The SMILES string of the molecule is O=C(Cc1sc(Nc2ccccc2F)nc1O)NCc1c(F)cccc1Cl. The number of hydrogen-bond acceptors (Lipinski definition) is 5. The van der Waals surface area contributed by atoms with E-state index in [1.54, 1.807) is 12.1 Å². The molecule has 1 amide bonds. The fourth-order valence-electron chi connectivity index (χ4n) is 2.29. The van der Waals surface area contributed by atoms with E-state index in [2.05, 4.69) is 15.6 Å². The number of nitrogens with one attached hydrogen (secondary N) is 2. The zero-order valence-electron chi connectivity index (χ0n) is 13.8. The van der Waals surface area contributed by atoms with Gasteiger partial charge in [0.15, 0.2) is 5.13 Å². The number of aromatic hydroxyl groups is 1. The summed E-state index contributed by atoms with van der Waals surface area (Å²) in [6.45, 7) is -0.0791. The third-order valence-corrected chi connectivity index (χ3v) is 4.95. The molecule has 9 heteroatoms. The molecule has 0 saturated heterocycles. The first kappa shape index (κ1) is 19.1. The minimum atomic E-state index is -0.514. The summed E-state index contributed by atoms with van der Waals surface area (Å²) in [6, 6.07) is 10.3. The number of aromatic nitrogens is 1. The van der Waals surface area contributed by atoms with Crippen LogP contribution in [0, 0.1) is 11.6 Å². The number of carbonyl (C=O) groups excluding carboxylic acids is 1. The van der Waals surface area contributed by atoms with E-state index in [1.807, 2.05) is 0 Å². The average molecular weight is 410 g/mol. The molecule has 140 valence electrons. The van der Waals surface area contributed by atoms with Gasteiger partial charge in [0.2, 0.25) is 11.8 Å². The Morgan fingerprint density at radius 3 is 2.63 bits per heavy atom. The van der Waals surface area contributed by atoms with Gasteiger partial charge in [-0.25, -0.2) is 8.78 Å². The minimum Gasteiger partial charge on any atom is -0.492 e. The Morgan fingerprint density at radius 2 is 1.89 bits per heavy atom.